The van der Waals surface area contributed by atoms with E-state index in [1.54, 1.807) is 0 Å². The second kappa shape index (κ2) is 12.7. The van der Waals surface area contributed by atoms with Crippen molar-refractivity contribution >= 4 is 54.6 Å². The Morgan fingerprint density at radius 1 is 0.509 bits per heavy atom. The van der Waals surface area contributed by atoms with Gasteiger partial charge < -0.3 is 4.98 Å². The summed E-state index contributed by atoms with van der Waals surface area (Å²) in [6, 6.07) is 60.8. The maximum Gasteiger partial charge on any atom is 0.147 e. The van der Waals surface area contributed by atoms with Crippen molar-refractivity contribution in [2.45, 2.75) is 26.2 Å². The van der Waals surface area contributed by atoms with Crippen LogP contribution in [0.25, 0.3) is 99.8 Å². The number of aromatic amines is 1. The van der Waals surface area contributed by atoms with Crippen molar-refractivity contribution in [3.63, 3.8) is 0 Å². The van der Waals surface area contributed by atoms with Crippen LogP contribution in [0.2, 0.25) is 0 Å². The van der Waals surface area contributed by atoms with Crippen molar-refractivity contribution in [2.24, 2.45) is 0 Å². The average molecular weight is 734 g/mol. The van der Waals surface area contributed by atoms with Gasteiger partial charge >= 0.3 is 0 Å². The van der Waals surface area contributed by atoms with Gasteiger partial charge in [-0.1, -0.05) is 130 Å². The largest absolute Gasteiger partial charge is 0.354 e. The summed E-state index contributed by atoms with van der Waals surface area (Å²) in [4.78, 5) is 14.2. The average Bonchev–Trinajstić information content (AvgIpc) is 3.93. The second-order valence-corrected chi connectivity index (χ2v) is 16.0. The van der Waals surface area contributed by atoms with Gasteiger partial charge in [-0.2, -0.15) is 0 Å². The first-order chi connectivity index (χ1) is 27.9. The molecule has 0 bridgehead atoms. The first-order valence-corrected chi connectivity index (χ1v) is 19.6. The van der Waals surface area contributed by atoms with Crippen molar-refractivity contribution in [2.75, 3.05) is 0 Å². The predicted molar refractivity (Wildman–Crippen MR) is 238 cm³/mol. The number of para-hydroxylation sites is 4. The third-order valence-electron chi connectivity index (χ3n) is 11.5. The Morgan fingerprint density at radius 3 is 2.05 bits per heavy atom. The van der Waals surface area contributed by atoms with Gasteiger partial charge in [-0.25, -0.2) is 9.97 Å². The molecule has 0 atom stereocenters. The zero-order valence-corrected chi connectivity index (χ0v) is 32.0. The maximum atomic E-state index is 5.58. The lowest BCUT2D eigenvalue weighted by atomic mass is 9.84. The molecule has 0 aliphatic heterocycles. The number of hydrogen-bond donors (Lipinski definition) is 1. The first kappa shape index (κ1) is 33.1. The van der Waals surface area contributed by atoms with Gasteiger partial charge in [0, 0.05) is 50.1 Å². The zero-order valence-electron chi connectivity index (χ0n) is 32.0. The number of pyridine rings is 1. The fourth-order valence-corrected chi connectivity index (χ4v) is 8.73. The van der Waals surface area contributed by atoms with Crippen LogP contribution < -0.4 is 0 Å². The van der Waals surface area contributed by atoms with Gasteiger partial charge in [0.1, 0.15) is 11.6 Å². The van der Waals surface area contributed by atoms with Crippen molar-refractivity contribution in [3.05, 3.63) is 182 Å². The molecule has 0 amide bonds. The molecule has 0 unspecified atom stereocenters. The molecule has 0 saturated carbocycles. The van der Waals surface area contributed by atoms with E-state index in [0.717, 1.165) is 67.1 Å². The molecule has 0 spiro atoms. The van der Waals surface area contributed by atoms with Gasteiger partial charge in [0.25, 0.3) is 0 Å². The summed E-state index contributed by atoms with van der Waals surface area (Å²) in [6.07, 6.45) is 1.88. The standard InChI is InChI=1S/C52H39N5/c1-52(2,3)35-31-42(33-16-6-4-7-17-33)48-40-28-27-34(30-45(40)57(46(48)32-35)47-26-12-13-29-53-47)37-21-15-25-44-50(37)55-51(56(44)36-18-8-5-9-19-36)41-23-14-22-39-38-20-10-11-24-43(38)54-49(39)41/h4-32,54H,1-3H3. The number of fused-ring (bicyclic) bond motifs is 7. The fourth-order valence-electron chi connectivity index (χ4n) is 8.73. The van der Waals surface area contributed by atoms with Crippen LogP contribution in [0.15, 0.2) is 176 Å². The third-order valence-corrected chi connectivity index (χ3v) is 11.5. The SMILES string of the molecule is CC(C)(C)c1cc(-c2ccccc2)c2c3ccc(-c4cccc5c4nc(-c4cccc6c4[nH]c4ccccc46)n5-c4ccccc4)cc3n(-c3ccccn3)c2c1. The number of imidazole rings is 1. The molecular formula is C52H39N5. The normalized spacial score (nSPS) is 12.1. The summed E-state index contributed by atoms with van der Waals surface area (Å²) in [5.74, 6) is 1.78. The molecule has 4 aromatic heterocycles. The van der Waals surface area contributed by atoms with Crippen LogP contribution in [-0.4, -0.2) is 24.1 Å². The first-order valence-electron chi connectivity index (χ1n) is 19.6. The lowest BCUT2D eigenvalue weighted by molar-refractivity contribution is 0.591. The number of H-pyrrole nitrogens is 1. The van der Waals surface area contributed by atoms with Gasteiger partial charge in [0.2, 0.25) is 0 Å². The highest BCUT2D eigenvalue weighted by atomic mass is 15.1. The summed E-state index contributed by atoms with van der Waals surface area (Å²) in [5, 5.41) is 4.81. The third kappa shape index (κ3) is 5.23. The molecule has 5 nitrogen and oxygen atoms in total. The van der Waals surface area contributed by atoms with Gasteiger partial charge in [-0.15, -0.1) is 0 Å². The van der Waals surface area contributed by atoms with E-state index >= 15 is 0 Å². The van der Waals surface area contributed by atoms with Gasteiger partial charge in [0.05, 0.1) is 27.6 Å². The van der Waals surface area contributed by atoms with Crippen molar-refractivity contribution in [1.29, 1.82) is 0 Å². The van der Waals surface area contributed by atoms with Crippen LogP contribution in [-0.2, 0) is 5.41 Å². The van der Waals surface area contributed by atoms with E-state index in [1.165, 1.54) is 38.2 Å². The van der Waals surface area contributed by atoms with Gasteiger partial charge in [-0.3, -0.25) is 9.13 Å². The van der Waals surface area contributed by atoms with Gasteiger partial charge in [0.15, 0.2) is 0 Å². The molecule has 0 fully saturated rings. The number of aromatic nitrogens is 5. The smallest absolute Gasteiger partial charge is 0.147 e. The molecule has 11 rings (SSSR count). The minimum atomic E-state index is -0.0591. The topological polar surface area (TPSA) is 51.4 Å². The zero-order chi connectivity index (χ0) is 38.3. The van der Waals surface area contributed by atoms with E-state index < -0.39 is 0 Å². The van der Waals surface area contributed by atoms with Crippen LogP contribution >= 0.6 is 0 Å². The number of hydrogen-bond acceptors (Lipinski definition) is 2. The van der Waals surface area contributed by atoms with Crippen molar-refractivity contribution < 1.29 is 0 Å². The molecule has 7 aromatic carbocycles. The highest BCUT2D eigenvalue weighted by molar-refractivity contribution is 6.17. The second-order valence-electron chi connectivity index (χ2n) is 16.0. The molecule has 0 radical (unpaired) electrons. The molecule has 5 heteroatoms. The summed E-state index contributed by atoms with van der Waals surface area (Å²) in [5.41, 5.74) is 14.4. The summed E-state index contributed by atoms with van der Waals surface area (Å²) >= 11 is 0. The van der Waals surface area contributed by atoms with E-state index in [4.69, 9.17) is 9.97 Å². The van der Waals surface area contributed by atoms with Crippen LogP contribution in [0, 0.1) is 0 Å². The Morgan fingerprint density at radius 2 is 1.25 bits per heavy atom. The minimum Gasteiger partial charge on any atom is -0.354 e. The van der Waals surface area contributed by atoms with Crippen LogP contribution in [0.5, 0.6) is 0 Å². The summed E-state index contributed by atoms with van der Waals surface area (Å²) in [7, 11) is 0. The van der Waals surface area contributed by atoms with Crippen LogP contribution in [0.1, 0.15) is 26.3 Å². The fraction of sp³-hybridized carbons (Fsp3) is 0.0769. The number of rotatable bonds is 5. The van der Waals surface area contributed by atoms with E-state index in [1.807, 2.05) is 12.3 Å². The molecule has 4 heterocycles. The minimum absolute atomic E-state index is 0.0591. The molecule has 272 valence electrons. The van der Waals surface area contributed by atoms with Crippen molar-refractivity contribution in [1.82, 2.24) is 24.1 Å². The highest BCUT2D eigenvalue weighted by Gasteiger charge is 2.24. The molecule has 11 aromatic rings. The number of nitrogens with zero attached hydrogens (tertiary/aromatic N) is 4. The lowest BCUT2D eigenvalue weighted by Crippen LogP contribution is -2.11. The Labute approximate surface area is 330 Å². The predicted octanol–water partition coefficient (Wildman–Crippen LogP) is 13.5. The van der Waals surface area contributed by atoms with Gasteiger partial charge in [-0.05, 0) is 88.3 Å². The van der Waals surface area contributed by atoms with E-state index in [2.05, 4.69) is 199 Å². The number of nitrogens with one attached hydrogen (secondary N) is 1. The monoisotopic (exact) mass is 733 g/mol. The lowest BCUT2D eigenvalue weighted by Gasteiger charge is -2.21. The highest BCUT2D eigenvalue weighted by Crippen LogP contribution is 2.44. The Kier molecular flexibility index (Phi) is 7.35. The Balaban J connectivity index is 1.21. The Hall–Kier alpha value is -7.24. The molecule has 0 aliphatic rings. The number of benzene rings is 7. The molecule has 1 N–H and O–H groups in total. The Bertz CT molecular complexity index is 3310. The molecule has 57 heavy (non-hydrogen) atoms. The summed E-state index contributed by atoms with van der Waals surface area (Å²) in [6.45, 7) is 6.87. The molecule has 0 saturated heterocycles. The molecule has 0 aliphatic carbocycles. The maximum absolute atomic E-state index is 5.58. The summed E-state index contributed by atoms with van der Waals surface area (Å²) < 4.78 is 4.66. The quantitative estimate of drug-likeness (QED) is 0.191. The van der Waals surface area contributed by atoms with Crippen LogP contribution in [0.4, 0.5) is 0 Å². The van der Waals surface area contributed by atoms with Crippen LogP contribution in [0.3, 0.4) is 0 Å². The molecular weight excluding hydrogens is 695 g/mol. The van der Waals surface area contributed by atoms with E-state index in [-0.39, 0.29) is 5.41 Å². The van der Waals surface area contributed by atoms with Crippen molar-refractivity contribution in [3.8, 4) is 45.1 Å². The van der Waals surface area contributed by atoms with E-state index in [9.17, 15) is 0 Å². The van der Waals surface area contributed by atoms with E-state index in [0.29, 0.717) is 0 Å².